The van der Waals surface area contributed by atoms with Crippen LogP contribution in [0.5, 0.6) is 0 Å². The van der Waals surface area contributed by atoms with Gasteiger partial charge in [-0.2, -0.15) is 5.26 Å². The van der Waals surface area contributed by atoms with Gasteiger partial charge in [-0.25, -0.2) is 9.97 Å². The molecule has 1 amide bonds. The molecule has 7 nitrogen and oxygen atoms in total. The third kappa shape index (κ3) is 3.16. The highest BCUT2D eigenvalue weighted by Crippen LogP contribution is 2.14. The lowest BCUT2D eigenvalue weighted by Gasteiger charge is -2.34. The van der Waals surface area contributed by atoms with E-state index in [9.17, 15) is 4.79 Å². The van der Waals surface area contributed by atoms with Gasteiger partial charge in [0.2, 0.25) is 5.95 Å². The third-order valence-electron chi connectivity index (χ3n) is 3.86. The first kappa shape index (κ1) is 15.0. The second-order valence-corrected chi connectivity index (χ2v) is 5.64. The van der Waals surface area contributed by atoms with Crippen LogP contribution >= 0.6 is 0 Å². The van der Waals surface area contributed by atoms with Crippen molar-refractivity contribution < 1.29 is 4.79 Å². The van der Waals surface area contributed by atoms with Crippen LogP contribution in [-0.4, -0.2) is 51.9 Å². The van der Waals surface area contributed by atoms with E-state index in [4.69, 9.17) is 5.26 Å². The Morgan fingerprint density at radius 1 is 1.17 bits per heavy atom. The van der Waals surface area contributed by atoms with Crippen molar-refractivity contribution in [2.75, 3.05) is 31.1 Å². The van der Waals surface area contributed by atoms with Crippen molar-refractivity contribution in [2.45, 2.75) is 13.8 Å². The Morgan fingerprint density at radius 3 is 2.39 bits per heavy atom. The molecule has 3 heterocycles. The molecule has 118 valence electrons. The van der Waals surface area contributed by atoms with Gasteiger partial charge in [-0.1, -0.05) is 0 Å². The molecule has 3 rings (SSSR count). The number of aromatic amines is 1. The first-order valence-corrected chi connectivity index (χ1v) is 7.52. The normalized spacial score (nSPS) is 14.7. The van der Waals surface area contributed by atoms with Crippen LogP contribution in [0.4, 0.5) is 5.95 Å². The van der Waals surface area contributed by atoms with Crippen LogP contribution in [0.15, 0.2) is 18.3 Å². The number of piperazine rings is 1. The second-order valence-electron chi connectivity index (χ2n) is 5.64. The highest BCUT2D eigenvalue weighted by atomic mass is 16.2. The molecule has 1 saturated heterocycles. The SMILES string of the molecule is Cc1cc(C)nc(N2CCN(C(=O)c3cc(C#N)c[nH]3)CC2)n1. The van der Waals surface area contributed by atoms with Crippen molar-refractivity contribution in [1.29, 1.82) is 5.26 Å². The molecule has 0 saturated carbocycles. The maximum absolute atomic E-state index is 12.4. The van der Waals surface area contributed by atoms with Crippen molar-refractivity contribution in [3.05, 3.63) is 41.0 Å². The summed E-state index contributed by atoms with van der Waals surface area (Å²) in [5.41, 5.74) is 2.82. The Kier molecular flexibility index (Phi) is 3.98. The minimum absolute atomic E-state index is 0.0764. The molecule has 0 aliphatic carbocycles. The number of carbonyl (C=O) groups excluding carboxylic acids is 1. The van der Waals surface area contributed by atoms with E-state index >= 15 is 0 Å². The van der Waals surface area contributed by atoms with Gasteiger partial charge in [0.05, 0.1) is 5.56 Å². The van der Waals surface area contributed by atoms with E-state index in [-0.39, 0.29) is 5.91 Å². The number of amides is 1. The number of nitriles is 1. The zero-order chi connectivity index (χ0) is 16.4. The molecule has 0 unspecified atom stereocenters. The van der Waals surface area contributed by atoms with Crippen molar-refractivity contribution in [2.24, 2.45) is 0 Å². The van der Waals surface area contributed by atoms with E-state index in [2.05, 4.69) is 19.9 Å². The highest BCUT2D eigenvalue weighted by Gasteiger charge is 2.24. The summed E-state index contributed by atoms with van der Waals surface area (Å²) < 4.78 is 0. The predicted octanol–water partition coefficient (Wildman–Crippen LogP) is 1.26. The smallest absolute Gasteiger partial charge is 0.270 e. The van der Waals surface area contributed by atoms with Gasteiger partial charge in [0.1, 0.15) is 11.8 Å². The van der Waals surface area contributed by atoms with Gasteiger partial charge in [0, 0.05) is 43.8 Å². The van der Waals surface area contributed by atoms with E-state index in [0.717, 1.165) is 17.3 Å². The van der Waals surface area contributed by atoms with Crippen molar-refractivity contribution in [3.8, 4) is 6.07 Å². The lowest BCUT2D eigenvalue weighted by Crippen LogP contribution is -2.49. The second kappa shape index (κ2) is 6.08. The number of nitrogens with zero attached hydrogens (tertiary/aromatic N) is 5. The molecule has 0 spiro atoms. The fourth-order valence-corrected chi connectivity index (χ4v) is 2.71. The Morgan fingerprint density at radius 2 is 1.83 bits per heavy atom. The molecule has 0 radical (unpaired) electrons. The third-order valence-corrected chi connectivity index (χ3v) is 3.86. The zero-order valence-electron chi connectivity index (χ0n) is 13.2. The van der Waals surface area contributed by atoms with Gasteiger partial charge in [-0.3, -0.25) is 4.79 Å². The summed E-state index contributed by atoms with van der Waals surface area (Å²) in [6, 6.07) is 5.55. The van der Waals surface area contributed by atoms with Crippen LogP contribution in [0.3, 0.4) is 0 Å². The Labute approximate surface area is 134 Å². The van der Waals surface area contributed by atoms with Crippen LogP contribution in [0, 0.1) is 25.2 Å². The van der Waals surface area contributed by atoms with Crippen molar-refractivity contribution in [3.63, 3.8) is 0 Å². The molecule has 0 atom stereocenters. The van der Waals surface area contributed by atoms with Crippen molar-refractivity contribution >= 4 is 11.9 Å². The fraction of sp³-hybridized carbons (Fsp3) is 0.375. The largest absolute Gasteiger partial charge is 0.356 e. The first-order chi connectivity index (χ1) is 11.1. The summed E-state index contributed by atoms with van der Waals surface area (Å²) in [4.78, 5) is 28.1. The van der Waals surface area contributed by atoms with Crippen LogP contribution < -0.4 is 4.90 Å². The number of carbonyl (C=O) groups is 1. The molecular weight excluding hydrogens is 292 g/mol. The van der Waals surface area contributed by atoms with Gasteiger partial charge < -0.3 is 14.8 Å². The average molecular weight is 310 g/mol. The van der Waals surface area contributed by atoms with Gasteiger partial charge in [-0.05, 0) is 26.0 Å². The summed E-state index contributed by atoms with van der Waals surface area (Å²) in [5.74, 6) is 0.647. The van der Waals surface area contributed by atoms with Gasteiger partial charge in [-0.15, -0.1) is 0 Å². The minimum Gasteiger partial charge on any atom is -0.356 e. The monoisotopic (exact) mass is 310 g/mol. The first-order valence-electron chi connectivity index (χ1n) is 7.52. The van der Waals surface area contributed by atoms with Crippen LogP contribution in [0.25, 0.3) is 0 Å². The molecule has 7 heteroatoms. The number of aromatic nitrogens is 3. The van der Waals surface area contributed by atoms with Gasteiger partial charge in [0.15, 0.2) is 0 Å². The lowest BCUT2D eigenvalue weighted by molar-refractivity contribution is 0.0741. The van der Waals surface area contributed by atoms with Crippen LogP contribution in [0.1, 0.15) is 27.4 Å². The molecule has 0 aromatic carbocycles. The maximum Gasteiger partial charge on any atom is 0.270 e. The maximum atomic E-state index is 12.4. The number of aryl methyl sites for hydroxylation is 2. The minimum atomic E-state index is -0.0764. The molecule has 2 aromatic rings. The number of anilines is 1. The number of nitrogens with one attached hydrogen (secondary N) is 1. The number of hydrogen-bond acceptors (Lipinski definition) is 5. The average Bonchev–Trinajstić information content (AvgIpc) is 3.02. The van der Waals surface area contributed by atoms with E-state index < -0.39 is 0 Å². The molecule has 0 bridgehead atoms. The Bertz CT molecular complexity index is 747. The molecular formula is C16H18N6O. The number of H-pyrrole nitrogens is 1. The number of hydrogen-bond donors (Lipinski definition) is 1. The Hall–Kier alpha value is -2.88. The topological polar surface area (TPSA) is 88.9 Å². The fourth-order valence-electron chi connectivity index (χ4n) is 2.71. The van der Waals surface area contributed by atoms with Crippen LogP contribution in [-0.2, 0) is 0 Å². The quantitative estimate of drug-likeness (QED) is 0.902. The van der Waals surface area contributed by atoms with E-state index in [1.165, 1.54) is 0 Å². The van der Waals surface area contributed by atoms with Crippen molar-refractivity contribution in [1.82, 2.24) is 19.9 Å². The summed E-state index contributed by atoms with van der Waals surface area (Å²) in [5, 5.41) is 8.83. The zero-order valence-corrected chi connectivity index (χ0v) is 13.2. The summed E-state index contributed by atoms with van der Waals surface area (Å²) in [6.45, 7) is 6.51. The van der Waals surface area contributed by atoms with E-state index in [1.54, 1.807) is 17.2 Å². The summed E-state index contributed by atoms with van der Waals surface area (Å²) >= 11 is 0. The highest BCUT2D eigenvalue weighted by molar-refractivity contribution is 5.93. The number of rotatable bonds is 2. The standard InChI is InChI=1S/C16H18N6O/c1-11-7-12(2)20-16(19-11)22-5-3-21(4-6-22)15(23)14-8-13(9-17)10-18-14/h7-8,10,18H,3-6H2,1-2H3. The molecule has 2 aromatic heterocycles. The van der Waals surface area contributed by atoms with E-state index in [1.807, 2.05) is 26.0 Å². The predicted molar refractivity (Wildman–Crippen MR) is 85.1 cm³/mol. The summed E-state index contributed by atoms with van der Waals surface area (Å²) in [6.07, 6.45) is 1.55. The molecule has 1 aliphatic heterocycles. The molecule has 23 heavy (non-hydrogen) atoms. The lowest BCUT2D eigenvalue weighted by atomic mass is 10.2. The van der Waals surface area contributed by atoms with E-state index in [0.29, 0.717) is 37.4 Å². The molecule has 1 aliphatic rings. The van der Waals surface area contributed by atoms with Gasteiger partial charge in [0.25, 0.3) is 5.91 Å². The van der Waals surface area contributed by atoms with Crippen LogP contribution in [0.2, 0.25) is 0 Å². The molecule has 1 fully saturated rings. The molecule has 1 N–H and O–H groups in total. The summed E-state index contributed by atoms with van der Waals surface area (Å²) in [7, 11) is 0. The Balaban J connectivity index is 1.66. The van der Waals surface area contributed by atoms with Gasteiger partial charge >= 0.3 is 0 Å².